The van der Waals surface area contributed by atoms with E-state index in [0.29, 0.717) is 0 Å². The van der Waals surface area contributed by atoms with E-state index >= 15 is 0 Å². The molecule has 1 aromatic heterocycles. The third-order valence-corrected chi connectivity index (χ3v) is 4.58. The molecule has 0 saturated heterocycles. The summed E-state index contributed by atoms with van der Waals surface area (Å²) in [6.07, 6.45) is 0. The van der Waals surface area contributed by atoms with Crippen molar-refractivity contribution >= 4 is 45.3 Å². The molecule has 3 rings (SSSR count). The van der Waals surface area contributed by atoms with Gasteiger partial charge in [0.05, 0.1) is 4.90 Å². The lowest BCUT2D eigenvalue weighted by atomic mass is 10.1. The Morgan fingerprint density at radius 3 is 2.63 bits per heavy atom. The van der Waals surface area contributed by atoms with Crippen molar-refractivity contribution < 1.29 is 4.42 Å². The van der Waals surface area contributed by atoms with E-state index in [1.165, 1.54) is 13.9 Å². The zero-order valence-corrected chi connectivity index (χ0v) is 13.5. The summed E-state index contributed by atoms with van der Waals surface area (Å²) in [5, 5.41) is 1.22. The Morgan fingerprint density at radius 2 is 1.89 bits per heavy atom. The molecule has 0 atom stereocenters. The largest absolute Gasteiger partial charge is 0.455 e. The van der Waals surface area contributed by atoms with Crippen LogP contribution in [0.5, 0.6) is 0 Å². The normalized spacial score (nSPS) is 11.1. The third-order valence-electron chi connectivity index (χ3n) is 2.93. The number of rotatable bonds is 3. The first kappa shape index (κ1) is 13.1. The van der Waals surface area contributed by atoms with Crippen molar-refractivity contribution in [2.75, 3.05) is 5.75 Å². The van der Waals surface area contributed by atoms with Gasteiger partial charge in [0.2, 0.25) is 0 Å². The molecule has 3 aromatic rings. The molecule has 0 aliphatic rings. The molecule has 0 aliphatic heterocycles. The van der Waals surface area contributed by atoms with Gasteiger partial charge in [-0.05, 0) is 46.5 Å². The summed E-state index contributed by atoms with van der Waals surface area (Å²) in [4.78, 5) is 1.25. The van der Waals surface area contributed by atoms with Gasteiger partial charge >= 0.3 is 0 Å². The number of halogens is 1. The second-order valence-electron chi connectivity index (χ2n) is 4.20. The topological polar surface area (TPSA) is 13.1 Å². The van der Waals surface area contributed by atoms with Gasteiger partial charge in [0.25, 0.3) is 0 Å². The Hall–Kier alpha value is -0.940. The third kappa shape index (κ3) is 2.54. The zero-order valence-electron chi connectivity index (χ0n) is 10.5. The van der Waals surface area contributed by atoms with Crippen LogP contribution in [-0.4, -0.2) is 5.75 Å². The Kier molecular flexibility index (Phi) is 3.84. The van der Waals surface area contributed by atoms with Crippen LogP contribution in [0.25, 0.3) is 22.3 Å². The molecule has 2 aromatic carbocycles. The van der Waals surface area contributed by atoms with Crippen LogP contribution in [0.1, 0.15) is 6.92 Å². The second kappa shape index (κ2) is 5.59. The Labute approximate surface area is 130 Å². The number of hydrogen-bond acceptors (Lipinski definition) is 2. The van der Waals surface area contributed by atoms with E-state index in [2.05, 4.69) is 59.8 Å². The number of furan rings is 1. The fourth-order valence-electron chi connectivity index (χ4n) is 2.11. The van der Waals surface area contributed by atoms with E-state index in [-0.39, 0.29) is 0 Å². The summed E-state index contributed by atoms with van der Waals surface area (Å²) in [5.41, 5.74) is 2.11. The number of thioether (sulfide) groups is 1. The molecule has 0 aliphatic carbocycles. The molecule has 0 unspecified atom stereocenters. The van der Waals surface area contributed by atoms with Crippen molar-refractivity contribution in [1.29, 1.82) is 0 Å². The molecule has 0 fully saturated rings. The summed E-state index contributed by atoms with van der Waals surface area (Å²) >= 11 is 4.19. The first-order valence-corrected chi connectivity index (χ1v) is 8.26. The van der Waals surface area contributed by atoms with Gasteiger partial charge in [-0.1, -0.05) is 37.3 Å². The quantitative estimate of drug-likeness (QED) is 0.420. The molecule has 0 bridgehead atoms. The lowest BCUT2D eigenvalue weighted by Gasteiger charge is -2.01. The number of fused-ring (bicyclic) bond motifs is 1. The molecule has 0 saturated carbocycles. The second-order valence-corrected chi connectivity index (χ2v) is 6.72. The van der Waals surface area contributed by atoms with E-state index in [1.54, 1.807) is 0 Å². The van der Waals surface area contributed by atoms with Crippen LogP contribution < -0.4 is 0 Å². The molecule has 0 spiro atoms. The maximum absolute atomic E-state index is 6.07. The Morgan fingerprint density at radius 1 is 1.11 bits per heavy atom. The van der Waals surface area contributed by atoms with E-state index in [0.717, 1.165) is 22.7 Å². The van der Waals surface area contributed by atoms with Crippen LogP contribution >= 0.6 is 34.4 Å². The van der Waals surface area contributed by atoms with Gasteiger partial charge in [0.15, 0.2) is 0 Å². The van der Waals surface area contributed by atoms with E-state index < -0.39 is 0 Å². The highest BCUT2D eigenvalue weighted by molar-refractivity contribution is 14.1. The predicted octanol–water partition coefficient (Wildman–Crippen LogP) is 5.82. The van der Waals surface area contributed by atoms with Crippen LogP contribution in [0.15, 0.2) is 57.8 Å². The SMILES string of the molecule is CCSc1c(-c2ccccc2)oc2ccc(I)cc12. The van der Waals surface area contributed by atoms with E-state index in [9.17, 15) is 0 Å². The van der Waals surface area contributed by atoms with Crippen LogP contribution in [0, 0.1) is 3.57 Å². The van der Waals surface area contributed by atoms with Crippen molar-refractivity contribution in [3.8, 4) is 11.3 Å². The molecule has 0 amide bonds. The lowest BCUT2D eigenvalue weighted by molar-refractivity contribution is 0.625. The van der Waals surface area contributed by atoms with Crippen molar-refractivity contribution in [2.24, 2.45) is 0 Å². The van der Waals surface area contributed by atoms with Crippen LogP contribution in [0.2, 0.25) is 0 Å². The van der Waals surface area contributed by atoms with E-state index in [4.69, 9.17) is 4.42 Å². The van der Waals surface area contributed by atoms with Crippen molar-refractivity contribution in [3.63, 3.8) is 0 Å². The standard InChI is InChI=1S/C16H13IOS/c1-2-19-16-13-10-12(17)8-9-14(13)18-15(16)11-6-4-3-5-7-11/h3-10H,2H2,1H3. The summed E-state index contributed by atoms with van der Waals surface area (Å²) in [7, 11) is 0. The fraction of sp³-hybridized carbons (Fsp3) is 0.125. The molecule has 3 heteroatoms. The highest BCUT2D eigenvalue weighted by Gasteiger charge is 2.15. The molecule has 1 nitrogen and oxygen atoms in total. The van der Waals surface area contributed by atoms with Crippen molar-refractivity contribution in [1.82, 2.24) is 0 Å². The molecule has 19 heavy (non-hydrogen) atoms. The van der Waals surface area contributed by atoms with Gasteiger partial charge in [-0.2, -0.15) is 0 Å². The van der Waals surface area contributed by atoms with Gasteiger partial charge in [-0.15, -0.1) is 11.8 Å². The van der Waals surface area contributed by atoms with Gasteiger partial charge in [-0.3, -0.25) is 0 Å². The van der Waals surface area contributed by atoms with Gasteiger partial charge < -0.3 is 4.42 Å². The average Bonchev–Trinajstić information content (AvgIpc) is 2.79. The Bertz CT molecular complexity index is 703. The molecule has 1 heterocycles. The van der Waals surface area contributed by atoms with Crippen LogP contribution in [0.3, 0.4) is 0 Å². The highest BCUT2D eigenvalue weighted by Crippen LogP contribution is 2.40. The fourth-order valence-corrected chi connectivity index (χ4v) is 3.50. The van der Waals surface area contributed by atoms with Gasteiger partial charge in [0.1, 0.15) is 11.3 Å². The summed E-state index contributed by atoms with van der Waals surface area (Å²) in [6.45, 7) is 2.17. The minimum atomic E-state index is 0.968. The highest BCUT2D eigenvalue weighted by atomic mass is 127. The monoisotopic (exact) mass is 380 g/mol. The lowest BCUT2D eigenvalue weighted by Crippen LogP contribution is -1.78. The first-order valence-electron chi connectivity index (χ1n) is 6.20. The first-order chi connectivity index (χ1) is 9.29. The molecular weight excluding hydrogens is 367 g/mol. The van der Waals surface area contributed by atoms with Gasteiger partial charge in [-0.25, -0.2) is 0 Å². The maximum atomic E-state index is 6.07. The zero-order chi connectivity index (χ0) is 13.2. The Balaban J connectivity index is 2.26. The van der Waals surface area contributed by atoms with Crippen LogP contribution in [-0.2, 0) is 0 Å². The molecule has 0 N–H and O–H groups in total. The number of benzene rings is 2. The number of hydrogen-bond donors (Lipinski definition) is 0. The van der Waals surface area contributed by atoms with Crippen LogP contribution in [0.4, 0.5) is 0 Å². The van der Waals surface area contributed by atoms with Crippen molar-refractivity contribution in [2.45, 2.75) is 11.8 Å². The van der Waals surface area contributed by atoms with Crippen molar-refractivity contribution in [3.05, 3.63) is 52.1 Å². The molecule has 0 radical (unpaired) electrons. The maximum Gasteiger partial charge on any atom is 0.148 e. The minimum Gasteiger partial charge on any atom is -0.455 e. The summed E-state index contributed by atoms with van der Waals surface area (Å²) in [6, 6.07) is 16.7. The summed E-state index contributed by atoms with van der Waals surface area (Å²) < 4.78 is 7.31. The van der Waals surface area contributed by atoms with Gasteiger partial charge in [0, 0.05) is 14.5 Å². The molecular formula is C16H13IOS. The minimum absolute atomic E-state index is 0.968. The average molecular weight is 380 g/mol. The predicted molar refractivity (Wildman–Crippen MR) is 90.8 cm³/mol. The summed E-state index contributed by atoms with van der Waals surface area (Å²) in [5.74, 6) is 2.03. The molecule has 96 valence electrons. The smallest absolute Gasteiger partial charge is 0.148 e. The van der Waals surface area contributed by atoms with E-state index in [1.807, 2.05) is 30.0 Å².